The highest BCUT2D eigenvalue weighted by Crippen LogP contribution is 2.20. The first-order chi connectivity index (χ1) is 17.0. The van der Waals surface area contributed by atoms with E-state index in [1.54, 1.807) is 17.0 Å². The van der Waals surface area contributed by atoms with Crippen molar-refractivity contribution in [2.24, 2.45) is 0 Å². The summed E-state index contributed by atoms with van der Waals surface area (Å²) in [5, 5.41) is 4.30. The molecule has 0 aliphatic carbocycles. The van der Waals surface area contributed by atoms with E-state index in [2.05, 4.69) is 5.32 Å². The highest BCUT2D eigenvalue weighted by molar-refractivity contribution is 7.99. The van der Waals surface area contributed by atoms with Gasteiger partial charge in [0.2, 0.25) is 11.8 Å². The normalized spacial score (nSPS) is 11.6. The molecule has 0 aliphatic rings. The van der Waals surface area contributed by atoms with Crippen molar-refractivity contribution in [3.8, 4) is 0 Å². The average molecular weight is 530 g/mol. The molecule has 1 atom stereocenters. The Labute approximate surface area is 222 Å². The van der Waals surface area contributed by atoms with E-state index in [0.717, 1.165) is 23.1 Å². The van der Waals surface area contributed by atoms with Crippen LogP contribution in [0.25, 0.3) is 0 Å². The second-order valence-corrected chi connectivity index (χ2v) is 10.1. The Morgan fingerprint density at radius 3 is 2.29 bits per heavy atom. The van der Waals surface area contributed by atoms with Crippen LogP contribution >= 0.6 is 35.0 Å². The van der Waals surface area contributed by atoms with Gasteiger partial charge in [-0.05, 0) is 47.4 Å². The first-order valence-electron chi connectivity index (χ1n) is 11.6. The van der Waals surface area contributed by atoms with Crippen LogP contribution < -0.4 is 5.32 Å². The van der Waals surface area contributed by atoms with Gasteiger partial charge in [0, 0.05) is 35.3 Å². The fourth-order valence-corrected chi connectivity index (χ4v) is 4.87. The third-order valence-electron chi connectivity index (χ3n) is 5.47. The third-order valence-corrected chi connectivity index (χ3v) is 6.95. The van der Waals surface area contributed by atoms with Gasteiger partial charge in [-0.2, -0.15) is 0 Å². The molecule has 1 N–H and O–H groups in total. The number of hydrogen-bond donors (Lipinski definition) is 1. The molecule has 0 saturated carbocycles. The molecule has 0 spiro atoms. The van der Waals surface area contributed by atoms with E-state index in [9.17, 15) is 9.59 Å². The second kappa shape index (κ2) is 14.2. The number of carbonyl (C=O) groups is 2. The zero-order chi connectivity index (χ0) is 25.0. The van der Waals surface area contributed by atoms with Gasteiger partial charge in [0.15, 0.2) is 0 Å². The summed E-state index contributed by atoms with van der Waals surface area (Å²) in [6.45, 7) is 2.90. The summed E-state index contributed by atoms with van der Waals surface area (Å²) < 4.78 is 0. The molecule has 0 saturated heterocycles. The molecule has 0 bridgehead atoms. The fourth-order valence-electron chi connectivity index (χ4n) is 3.67. The Balaban J connectivity index is 1.82. The molecule has 35 heavy (non-hydrogen) atoms. The highest BCUT2D eigenvalue weighted by Gasteiger charge is 2.30. The minimum Gasteiger partial charge on any atom is -0.354 e. The fraction of sp³-hybridized carbons (Fsp3) is 0.286. The highest BCUT2D eigenvalue weighted by atomic mass is 35.5. The van der Waals surface area contributed by atoms with Gasteiger partial charge in [-0.3, -0.25) is 9.59 Å². The predicted molar refractivity (Wildman–Crippen MR) is 147 cm³/mol. The Morgan fingerprint density at radius 1 is 0.886 bits per heavy atom. The lowest BCUT2D eigenvalue weighted by Gasteiger charge is -2.31. The molecule has 184 valence electrons. The van der Waals surface area contributed by atoms with Gasteiger partial charge in [-0.25, -0.2) is 0 Å². The number of thioether (sulfide) groups is 1. The molecule has 2 amide bonds. The molecule has 3 rings (SSSR count). The summed E-state index contributed by atoms with van der Waals surface area (Å²) in [7, 11) is 0. The maximum atomic E-state index is 13.6. The van der Waals surface area contributed by atoms with Gasteiger partial charge in [0.05, 0.1) is 5.75 Å². The van der Waals surface area contributed by atoms with Gasteiger partial charge in [0.1, 0.15) is 6.04 Å². The summed E-state index contributed by atoms with van der Waals surface area (Å²) in [5.74, 6) is 0.691. The largest absolute Gasteiger partial charge is 0.354 e. The van der Waals surface area contributed by atoms with Crippen LogP contribution in [0.3, 0.4) is 0 Å². The van der Waals surface area contributed by atoms with Crippen LogP contribution in [0.2, 0.25) is 10.0 Å². The Morgan fingerprint density at radius 2 is 1.60 bits per heavy atom. The van der Waals surface area contributed by atoms with Crippen LogP contribution in [0.4, 0.5) is 0 Å². The maximum Gasteiger partial charge on any atom is 0.243 e. The number of amides is 2. The molecule has 1 unspecified atom stereocenters. The van der Waals surface area contributed by atoms with Crippen LogP contribution in [-0.4, -0.2) is 35.1 Å². The van der Waals surface area contributed by atoms with Crippen LogP contribution in [-0.2, 0) is 28.3 Å². The second-order valence-electron chi connectivity index (χ2n) is 8.27. The molecule has 3 aromatic carbocycles. The van der Waals surface area contributed by atoms with Crippen LogP contribution in [0.5, 0.6) is 0 Å². The molecule has 0 heterocycles. The van der Waals surface area contributed by atoms with E-state index < -0.39 is 6.04 Å². The average Bonchev–Trinajstić information content (AvgIpc) is 2.86. The molecule has 7 heteroatoms. The molecule has 3 aromatic rings. The minimum atomic E-state index is -0.626. The molecule has 4 nitrogen and oxygen atoms in total. The molecule has 0 fully saturated rings. The van der Waals surface area contributed by atoms with Crippen molar-refractivity contribution >= 4 is 46.8 Å². The molecular weight excluding hydrogens is 499 g/mol. The number of carbonyl (C=O) groups excluding carboxylic acids is 2. The SMILES string of the molecule is CCCNC(=O)C(Cc1ccccc1)N(Cc1ccc(Cl)cc1)C(=O)CSCc1cccc(Cl)c1. The van der Waals surface area contributed by atoms with Gasteiger partial charge in [-0.1, -0.05) is 84.7 Å². The molecular formula is C28H30Cl2N2O2S. The minimum absolute atomic E-state index is 0.0837. The number of hydrogen-bond acceptors (Lipinski definition) is 3. The Bertz CT molecular complexity index is 1090. The lowest BCUT2D eigenvalue weighted by Crippen LogP contribution is -2.51. The molecule has 0 aromatic heterocycles. The first kappa shape index (κ1) is 27.1. The van der Waals surface area contributed by atoms with E-state index in [1.807, 2.05) is 73.7 Å². The zero-order valence-corrected chi connectivity index (χ0v) is 22.1. The van der Waals surface area contributed by atoms with Crippen LogP contribution in [0, 0.1) is 0 Å². The number of nitrogens with one attached hydrogen (secondary N) is 1. The van der Waals surface area contributed by atoms with E-state index in [1.165, 1.54) is 11.8 Å². The van der Waals surface area contributed by atoms with Gasteiger partial charge < -0.3 is 10.2 Å². The summed E-state index contributed by atoms with van der Waals surface area (Å²) >= 11 is 13.7. The van der Waals surface area contributed by atoms with Crippen molar-refractivity contribution in [1.82, 2.24) is 10.2 Å². The Hall–Kier alpha value is -2.47. The monoisotopic (exact) mass is 528 g/mol. The number of rotatable bonds is 12. The summed E-state index contributed by atoms with van der Waals surface area (Å²) in [5.41, 5.74) is 2.98. The van der Waals surface area contributed by atoms with Crippen molar-refractivity contribution < 1.29 is 9.59 Å². The molecule has 0 aliphatic heterocycles. The van der Waals surface area contributed by atoms with Crippen molar-refractivity contribution in [1.29, 1.82) is 0 Å². The Kier molecular flexibility index (Phi) is 11.0. The lowest BCUT2D eigenvalue weighted by atomic mass is 10.0. The molecule has 0 radical (unpaired) electrons. The summed E-state index contributed by atoms with van der Waals surface area (Å²) in [6.07, 6.45) is 1.26. The van der Waals surface area contributed by atoms with E-state index >= 15 is 0 Å². The summed E-state index contributed by atoms with van der Waals surface area (Å²) in [4.78, 5) is 28.5. The van der Waals surface area contributed by atoms with Gasteiger partial charge in [-0.15, -0.1) is 11.8 Å². The zero-order valence-electron chi connectivity index (χ0n) is 19.8. The standard InChI is InChI=1S/C28H30Cl2N2O2S/c1-2-15-31-28(34)26(17-21-7-4-3-5-8-21)32(18-22-11-13-24(29)14-12-22)27(33)20-35-19-23-9-6-10-25(30)16-23/h3-14,16,26H,2,15,17-20H2,1H3,(H,31,34). The van der Waals surface area contributed by atoms with Crippen molar-refractivity contribution in [2.75, 3.05) is 12.3 Å². The first-order valence-corrected chi connectivity index (χ1v) is 13.5. The van der Waals surface area contributed by atoms with Crippen molar-refractivity contribution in [3.63, 3.8) is 0 Å². The summed E-state index contributed by atoms with van der Waals surface area (Å²) in [6, 6.07) is 24.2. The van der Waals surface area contributed by atoms with E-state index in [0.29, 0.717) is 35.3 Å². The number of benzene rings is 3. The van der Waals surface area contributed by atoms with Crippen molar-refractivity contribution in [3.05, 3.63) is 106 Å². The quantitative estimate of drug-likeness (QED) is 0.296. The van der Waals surface area contributed by atoms with Gasteiger partial charge >= 0.3 is 0 Å². The maximum absolute atomic E-state index is 13.6. The van der Waals surface area contributed by atoms with E-state index in [4.69, 9.17) is 23.2 Å². The van der Waals surface area contributed by atoms with Crippen LogP contribution in [0.15, 0.2) is 78.9 Å². The number of halogens is 2. The topological polar surface area (TPSA) is 49.4 Å². The van der Waals surface area contributed by atoms with E-state index in [-0.39, 0.29) is 17.6 Å². The number of nitrogens with zero attached hydrogens (tertiary/aromatic N) is 1. The van der Waals surface area contributed by atoms with Crippen LogP contribution in [0.1, 0.15) is 30.0 Å². The third kappa shape index (κ3) is 8.92. The lowest BCUT2D eigenvalue weighted by molar-refractivity contribution is -0.139. The smallest absolute Gasteiger partial charge is 0.243 e. The predicted octanol–water partition coefficient (Wildman–Crippen LogP) is 6.39. The van der Waals surface area contributed by atoms with Crippen molar-refractivity contribution in [2.45, 2.75) is 38.1 Å². The van der Waals surface area contributed by atoms with Gasteiger partial charge in [0.25, 0.3) is 0 Å².